The number of aryl methyl sites for hydroxylation is 2. The lowest BCUT2D eigenvalue weighted by molar-refractivity contribution is 0.0955. The molecule has 0 aromatic carbocycles. The van der Waals surface area contributed by atoms with Crippen LogP contribution in [0.5, 0.6) is 0 Å². The summed E-state index contributed by atoms with van der Waals surface area (Å²) in [6, 6.07) is 3.89. The van der Waals surface area contributed by atoms with Gasteiger partial charge in [0.15, 0.2) is 0 Å². The number of carbonyl (C=O) groups excluding carboxylic acids is 1. The molecule has 1 N–H and O–H groups in total. The van der Waals surface area contributed by atoms with Crippen molar-refractivity contribution in [1.82, 2.24) is 9.88 Å². The number of thiophene rings is 1. The maximum atomic E-state index is 11.9. The van der Waals surface area contributed by atoms with E-state index in [1.54, 1.807) is 0 Å². The third-order valence-electron chi connectivity index (χ3n) is 2.43. The number of halogens is 1. The number of hydrogen-bond donors (Lipinski definition) is 1. The minimum atomic E-state index is -0.0207. The highest BCUT2D eigenvalue weighted by atomic mass is 79.9. The van der Waals surface area contributed by atoms with E-state index in [1.807, 2.05) is 43.1 Å². The molecule has 2 aromatic heterocycles. The van der Waals surface area contributed by atoms with Crippen molar-refractivity contribution in [2.24, 2.45) is 7.05 Å². The molecule has 3 nitrogen and oxygen atoms in total. The first-order valence-electron chi connectivity index (χ1n) is 5.21. The highest BCUT2D eigenvalue weighted by Crippen LogP contribution is 2.27. The van der Waals surface area contributed by atoms with E-state index < -0.39 is 0 Å². The Hall–Kier alpha value is -1.07. The average molecular weight is 313 g/mol. The van der Waals surface area contributed by atoms with Crippen molar-refractivity contribution in [1.29, 1.82) is 0 Å². The first kappa shape index (κ1) is 12.4. The largest absolute Gasteiger partial charge is 0.357 e. The van der Waals surface area contributed by atoms with Crippen molar-refractivity contribution in [2.45, 2.75) is 13.5 Å². The van der Waals surface area contributed by atoms with Gasteiger partial charge in [0.2, 0.25) is 0 Å². The summed E-state index contributed by atoms with van der Waals surface area (Å²) < 4.78 is 2.98. The summed E-state index contributed by atoms with van der Waals surface area (Å²) in [6.07, 6.45) is 3.96. The standard InChI is InChI=1S/C12H13BrN2OS/c1-8-5-10(17-11(8)13)12(16)14-6-9-3-4-15(2)7-9/h3-5,7H,6H2,1-2H3,(H,14,16). The highest BCUT2D eigenvalue weighted by Gasteiger charge is 2.10. The van der Waals surface area contributed by atoms with Crippen molar-refractivity contribution < 1.29 is 4.79 Å². The Morgan fingerprint density at radius 1 is 1.59 bits per heavy atom. The third-order valence-corrected chi connectivity index (χ3v) is 4.56. The van der Waals surface area contributed by atoms with Crippen molar-refractivity contribution in [3.05, 3.63) is 44.3 Å². The van der Waals surface area contributed by atoms with Crippen LogP contribution in [0.4, 0.5) is 0 Å². The predicted octanol–water partition coefficient (Wildman–Crippen LogP) is 3.09. The number of nitrogens with one attached hydrogen (secondary N) is 1. The molecule has 0 aliphatic carbocycles. The van der Waals surface area contributed by atoms with E-state index in [2.05, 4.69) is 21.2 Å². The van der Waals surface area contributed by atoms with Crippen molar-refractivity contribution in [2.75, 3.05) is 0 Å². The predicted molar refractivity (Wildman–Crippen MR) is 73.3 cm³/mol. The monoisotopic (exact) mass is 312 g/mol. The van der Waals surface area contributed by atoms with Crippen molar-refractivity contribution in [3.63, 3.8) is 0 Å². The van der Waals surface area contributed by atoms with Crippen LogP contribution in [0.1, 0.15) is 20.8 Å². The molecule has 0 aliphatic rings. The van der Waals surface area contributed by atoms with Gasteiger partial charge < -0.3 is 9.88 Å². The van der Waals surface area contributed by atoms with Crippen LogP contribution in [0.3, 0.4) is 0 Å². The zero-order valence-electron chi connectivity index (χ0n) is 9.66. The maximum Gasteiger partial charge on any atom is 0.261 e. The zero-order valence-corrected chi connectivity index (χ0v) is 12.1. The number of carbonyl (C=O) groups is 1. The van der Waals surface area contributed by atoms with Gasteiger partial charge in [0.25, 0.3) is 5.91 Å². The van der Waals surface area contributed by atoms with Gasteiger partial charge in [-0.25, -0.2) is 0 Å². The van der Waals surface area contributed by atoms with E-state index in [1.165, 1.54) is 11.3 Å². The Bertz CT molecular complexity index is 525. The van der Waals surface area contributed by atoms with E-state index in [0.717, 1.165) is 19.8 Å². The summed E-state index contributed by atoms with van der Waals surface area (Å²) in [7, 11) is 1.96. The second kappa shape index (κ2) is 5.06. The number of nitrogens with zero attached hydrogens (tertiary/aromatic N) is 1. The van der Waals surface area contributed by atoms with Gasteiger partial charge in [0, 0.05) is 26.0 Å². The van der Waals surface area contributed by atoms with Gasteiger partial charge in [-0.05, 0) is 46.1 Å². The maximum absolute atomic E-state index is 11.9. The quantitative estimate of drug-likeness (QED) is 0.928. The van der Waals surface area contributed by atoms with Crippen molar-refractivity contribution in [3.8, 4) is 0 Å². The molecular formula is C12H13BrN2OS. The lowest BCUT2D eigenvalue weighted by atomic mass is 10.3. The molecule has 0 aliphatic heterocycles. The van der Waals surface area contributed by atoms with E-state index in [0.29, 0.717) is 6.54 Å². The van der Waals surface area contributed by atoms with E-state index >= 15 is 0 Å². The smallest absolute Gasteiger partial charge is 0.261 e. The molecule has 2 aromatic rings. The minimum Gasteiger partial charge on any atom is -0.357 e. The average Bonchev–Trinajstić information content (AvgIpc) is 2.83. The Balaban J connectivity index is 1.98. The minimum absolute atomic E-state index is 0.0207. The van der Waals surface area contributed by atoms with Gasteiger partial charge in [-0.15, -0.1) is 11.3 Å². The fraction of sp³-hybridized carbons (Fsp3) is 0.250. The molecule has 90 valence electrons. The Morgan fingerprint density at radius 2 is 2.35 bits per heavy atom. The summed E-state index contributed by atoms with van der Waals surface area (Å²) in [5, 5.41) is 2.91. The lowest BCUT2D eigenvalue weighted by Gasteiger charge is -2.00. The van der Waals surface area contributed by atoms with Crippen LogP contribution in [0, 0.1) is 6.92 Å². The molecule has 5 heteroatoms. The fourth-order valence-corrected chi connectivity index (χ4v) is 2.96. The molecule has 0 radical (unpaired) electrons. The summed E-state index contributed by atoms with van der Waals surface area (Å²) in [6.45, 7) is 2.54. The number of hydrogen-bond acceptors (Lipinski definition) is 2. The molecule has 0 fully saturated rings. The number of rotatable bonds is 3. The van der Waals surface area contributed by atoms with Crippen LogP contribution in [0.25, 0.3) is 0 Å². The van der Waals surface area contributed by atoms with Gasteiger partial charge in [0.1, 0.15) is 0 Å². The first-order valence-corrected chi connectivity index (χ1v) is 6.82. The second-order valence-electron chi connectivity index (χ2n) is 3.94. The lowest BCUT2D eigenvalue weighted by Crippen LogP contribution is -2.21. The van der Waals surface area contributed by atoms with Crippen molar-refractivity contribution >= 4 is 33.2 Å². The van der Waals surface area contributed by atoms with Crippen LogP contribution in [0.2, 0.25) is 0 Å². The molecule has 0 bridgehead atoms. The van der Waals surface area contributed by atoms with Crippen LogP contribution in [0.15, 0.2) is 28.3 Å². The fourth-order valence-electron chi connectivity index (χ4n) is 1.51. The van der Waals surface area contributed by atoms with Gasteiger partial charge in [-0.2, -0.15) is 0 Å². The summed E-state index contributed by atoms with van der Waals surface area (Å²) in [5.41, 5.74) is 2.20. The van der Waals surface area contributed by atoms with Gasteiger partial charge in [-0.1, -0.05) is 0 Å². The highest BCUT2D eigenvalue weighted by molar-refractivity contribution is 9.11. The molecule has 0 saturated carbocycles. The Morgan fingerprint density at radius 3 is 2.88 bits per heavy atom. The summed E-state index contributed by atoms with van der Waals surface area (Å²) >= 11 is 4.88. The van der Waals surface area contributed by atoms with E-state index in [4.69, 9.17) is 0 Å². The van der Waals surface area contributed by atoms with Gasteiger partial charge in [0.05, 0.1) is 8.66 Å². The summed E-state index contributed by atoms with van der Waals surface area (Å²) in [4.78, 5) is 12.6. The molecule has 2 rings (SSSR count). The topological polar surface area (TPSA) is 34.0 Å². The molecule has 2 heterocycles. The Kier molecular flexibility index (Phi) is 3.69. The zero-order chi connectivity index (χ0) is 12.4. The molecule has 0 atom stereocenters. The van der Waals surface area contributed by atoms with E-state index in [9.17, 15) is 4.79 Å². The third kappa shape index (κ3) is 2.98. The van der Waals surface area contributed by atoms with Crippen LogP contribution in [-0.4, -0.2) is 10.5 Å². The Labute approximate surface area is 113 Å². The van der Waals surface area contributed by atoms with Gasteiger partial charge >= 0.3 is 0 Å². The molecule has 0 saturated heterocycles. The molecule has 17 heavy (non-hydrogen) atoms. The van der Waals surface area contributed by atoms with E-state index in [-0.39, 0.29) is 5.91 Å². The van der Waals surface area contributed by atoms with Crippen LogP contribution in [-0.2, 0) is 13.6 Å². The van der Waals surface area contributed by atoms with Gasteiger partial charge in [-0.3, -0.25) is 4.79 Å². The molecular weight excluding hydrogens is 300 g/mol. The molecule has 1 amide bonds. The summed E-state index contributed by atoms with van der Waals surface area (Å²) in [5.74, 6) is -0.0207. The van der Waals surface area contributed by atoms with Crippen LogP contribution < -0.4 is 5.32 Å². The number of aromatic nitrogens is 1. The second-order valence-corrected chi connectivity index (χ2v) is 6.31. The molecule has 0 unspecified atom stereocenters. The first-order chi connectivity index (χ1) is 8.06. The number of amides is 1. The molecule has 0 spiro atoms. The SMILES string of the molecule is Cc1cc(C(=O)NCc2ccn(C)c2)sc1Br. The van der Waals surface area contributed by atoms with Crippen LogP contribution >= 0.6 is 27.3 Å². The normalized spacial score (nSPS) is 10.5.